The molecule has 0 unspecified atom stereocenters. The van der Waals surface area contributed by atoms with Crippen molar-refractivity contribution in [2.75, 3.05) is 31.6 Å². The van der Waals surface area contributed by atoms with Crippen LogP contribution in [0.4, 0.5) is 5.69 Å². The predicted molar refractivity (Wildman–Crippen MR) is 85.2 cm³/mol. The molecule has 1 saturated carbocycles. The summed E-state index contributed by atoms with van der Waals surface area (Å²) in [6.07, 6.45) is 5.78. The Bertz CT molecular complexity index is 523. The van der Waals surface area contributed by atoms with Crippen LogP contribution in [0.2, 0.25) is 0 Å². The minimum Gasteiger partial charge on any atom is -0.360 e. The van der Waals surface area contributed by atoms with Crippen LogP contribution in [-0.4, -0.2) is 37.5 Å². The topological polar surface area (TPSA) is 49.6 Å². The molecule has 4 heteroatoms. The number of carbonyl (C=O) groups excluding carboxylic acids is 1. The second-order valence-electron chi connectivity index (χ2n) is 6.47. The van der Waals surface area contributed by atoms with Crippen LogP contribution in [-0.2, 0) is 10.3 Å². The first-order valence-corrected chi connectivity index (χ1v) is 7.97. The Labute approximate surface area is 126 Å². The summed E-state index contributed by atoms with van der Waals surface area (Å²) >= 11 is 0. The van der Waals surface area contributed by atoms with E-state index < -0.39 is 0 Å². The van der Waals surface area contributed by atoms with E-state index in [1.165, 1.54) is 24.8 Å². The van der Waals surface area contributed by atoms with Crippen molar-refractivity contribution in [2.24, 2.45) is 5.73 Å². The van der Waals surface area contributed by atoms with Crippen LogP contribution in [0.25, 0.3) is 0 Å². The van der Waals surface area contributed by atoms with E-state index in [-0.39, 0.29) is 11.4 Å². The van der Waals surface area contributed by atoms with Crippen LogP contribution in [0.1, 0.15) is 37.7 Å². The van der Waals surface area contributed by atoms with Crippen molar-refractivity contribution >= 4 is 11.6 Å². The zero-order valence-electron chi connectivity index (χ0n) is 12.8. The number of nitrogens with zero attached hydrogens (tertiary/aromatic N) is 2. The van der Waals surface area contributed by atoms with Gasteiger partial charge >= 0.3 is 0 Å². The number of nitrogens with two attached hydrogens (primary N) is 1. The Kier molecular flexibility index (Phi) is 3.89. The molecule has 21 heavy (non-hydrogen) atoms. The van der Waals surface area contributed by atoms with Gasteiger partial charge in [0, 0.05) is 31.4 Å². The van der Waals surface area contributed by atoms with Crippen molar-refractivity contribution in [2.45, 2.75) is 37.6 Å². The molecule has 1 aromatic carbocycles. The number of benzene rings is 1. The first kappa shape index (κ1) is 14.4. The van der Waals surface area contributed by atoms with Gasteiger partial charge in [0.05, 0.1) is 6.54 Å². The van der Waals surface area contributed by atoms with Crippen LogP contribution in [0.5, 0.6) is 0 Å². The fraction of sp³-hybridized carbons (Fsp3) is 0.588. The van der Waals surface area contributed by atoms with Gasteiger partial charge in [0.15, 0.2) is 0 Å². The third kappa shape index (κ3) is 2.77. The maximum absolute atomic E-state index is 12.0. The highest BCUT2D eigenvalue weighted by atomic mass is 16.2. The maximum atomic E-state index is 12.0. The fourth-order valence-corrected chi connectivity index (χ4v) is 3.59. The van der Waals surface area contributed by atoms with Crippen molar-refractivity contribution in [3.8, 4) is 0 Å². The van der Waals surface area contributed by atoms with E-state index >= 15 is 0 Å². The van der Waals surface area contributed by atoms with Crippen LogP contribution >= 0.6 is 0 Å². The molecule has 0 bridgehead atoms. The predicted octanol–water partition coefficient (Wildman–Crippen LogP) is 2.08. The SMILES string of the molecule is CN1CCN(c2ccccc2C2(N)CCCCC2)CC1=O. The van der Waals surface area contributed by atoms with Gasteiger partial charge in [-0.1, -0.05) is 37.5 Å². The zero-order chi connectivity index (χ0) is 14.9. The van der Waals surface area contributed by atoms with Crippen LogP contribution in [0, 0.1) is 0 Å². The second-order valence-corrected chi connectivity index (χ2v) is 6.47. The number of amides is 1. The molecule has 3 rings (SSSR count). The quantitative estimate of drug-likeness (QED) is 0.906. The number of hydrogen-bond donors (Lipinski definition) is 1. The summed E-state index contributed by atoms with van der Waals surface area (Å²) in [4.78, 5) is 16.0. The Hall–Kier alpha value is -1.55. The lowest BCUT2D eigenvalue weighted by Crippen LogP contribution is -2.50. The summed E-state index contributed by atoms with van der Waals surface area (Å²) in [7, 11) is 1.87. The molecule has 0 atom stereocenters. The van der Waals surface area contributed by atoms with Gasteiger partial charge in [-0.15, -0.1) is 0 Å². The lowest BCUT2D eigenvalue weighted by Gasteiger charge is -2.40. The van der Waals surface area contributed by atoms with Crippen LogP contribution < -0.4 is 10.6 Å². The van der Waals surface area contributed by atoms with Crippen molar-refractivity contribution < 1.29 is 4.79 Å². The molecule has 1 saturated heterocycles. The molecule has 0 radical (unpaired) electrons. The number of hydrogen-bond acceptors (Lipinski definition) is 3. The summed E-state index contributed by atoms with van der Waals surface area (Å²) in [5.41, 5.74) is 8.89. The van der Waals surface area contributed by atoms with Crippen molar-refractivity contribution in [3.63, 3.8) is 0 Å². The summed E-state index contributed by atoms with van der Waals surface area (Å²) in [6.45, 7) is 2.13. The van der Waals surface area contributed by atoms with Gasteiger partial charge in [-0.3, -0.25) is 4.79 Å². The Balaban J connectivity index is 1.91. The molecular formula is C17H25N3O. The summed E-state index contributed by atoms with van der Waals surface area (Å²) in [5.74, 6) is 0.186. The molecule has 1 aromatic rings. The molecule has 2 fully saturated rings. The summed E-state index contributed by atoms with van der Waals surface area (Å²) in [5, 5.41) is 0. The molecule has 0 spiro atoms. The Morgan fingerprint density at radius 3 is 2.52 bits per heavy atom. The second kappa shape index (κ2) is 5.68. The lowest BCUT2D eigenvalue weighted by atomic mass is 9.76. The average molecular weight is 287 g/mol. The first-order valence-electron chi connectivity index (χ1n) is 7.97. The van der Waals surface area contributed by atoms with Crippen LogP contribution in [0.15, 0.2) is 24.3 Å². The van der Waals surface area contributed by atoms with Gasteiger partial charge in [-0.25, -0.2) is 0 Å². The highest BCUT2D eigenvalue weighted by molar-refractivity contribution is 5.83. The normalized spacial score (nSPS) is 22.5. The van der Waals surface area contributed by atoms with Gasteiger partial charge in [0.1, 0.15) is 0 Å². The molecule has 1 aliphatic carbocycles. The molecular weight excluding hydrogens is 262 g/mol. The fourth-order valence-electron chi connectivity index (χ4n) is 3.59. The smallest absolute Gasteiger partial charge is 0.241 e. The molecule has 1 aliphatic heterocycles. The molecule has 2 N–H and O–H groups in total. The number of para-hydroxylation sites is 1. The first-order chi connectivity index (χ1) is 10.1. The largest absolute Gasteiger partial charge is 0.360 e. The van der Waals surface area contributed by atoms with Crippen molar-refractivity contribution in [1.82, 2.24) is 4.90 Å². The zero-order valence-corrected chi connectivity index (χ0v) is 12.8. The maximum Gasteiger partial charge on any atom is 0.241 e. The van der Waals surface area contributed by atoms with E-state index in [2.05, 4.69) is 23.1 Å². The number of anilines is 1. The lowest BCUT2D eigenvalue weighted by molar-refractivity contribution is -0.129. The molecule has 2 aliphatic rings. The third-order valence-electron chi connectivity index (χ3n) is 4.98. The standard InChI is InChI=1S/C17H25N3O/c1-19-11-12-20(13-16(19)21)15-8-4-3-7-14(15)17(18)9-5-2-6-10-17/h3-4,7-8H,2,5-6,9-13,18H2,1H3. The van der Waals surface area contributed by atoms with E-state index in [0.29, 0.717) is 6.54 Å². The van der Waals surface area contributed by atoms with Gasteiger partial charge in [-0.05, 0) is 24.5 Å². The van der Waals surface area contributed by atoms with Gasteiger partial charge in [0.25, 0.3) is 0 Å². The molecule has 4 nitrogen and oxygen atoms in total. The van der Waals surface area contributed by atoms with E-state index in [1.54, 1.807) is 4.90 Å². The highest BCUT2D eigenvalue weighted by Gasteiger charge is 2.33. The minimum absolute atomic E-state index is 0.186. The van der Waals surface area contributed by atoms with Crippen molar-refractivity contribution in [3.05, 3.63) is 29.8 Å². The third-order valence-corrected chi connectivity index (χ3v) is 4.98. The minimum atomic E-state index is -0.221. The Morgan fingerprint density at radius 2 is 1.81 bits per heavy atom. The average Bonchev–Trinajstić information content (AvgIpc) is 2.51. The van der Waals surface area contributed by atoms with Crippen LogP contribution in [0.3, 0.4) is 0 Å². The Morgan fingerprint density at radius 1 is 1.10 bits per heavy atom. The van der Waals surface area contributed by atoms with Gasteiger partial charge in [-0.2, -0.15) is 0 Å². The summed E-state index contributed by atoms with van der Waals surface area (Å²) < 4.78 is 0. The monoisotopic (exact) mass is 287 g/mol. The van der Waals surface area contributed by atoms with Gasteiger partial charge < -0.3 is 15.5 Å². The van der Waals surface area contributed by atoms with Gasteiger partial charge in [0.2, 0.25) is 5.91 Å². The van der Waals surface area contributed by atoms with E-state index in [4.69, 9.17) is 5.73 Å². The number of likely N-dealkylation sites (N-methyl/N-ethyl adjacent to an activating group) is 1. The number of rotatable bonds is 2. The molecule has 1 amide bonds. The molecule has 1 heterocycles. The van der Waals surface area contributed by atoms with Crippen molar-refractivity contribution in [1.29, 1.82) is 0 Å². The highest BCUT2D eigenvalue weighted by Crippen LogP contribution is 2.39. The molecule has 0 aromatic heterocycles. The number of carbonyl (C=O) groups is 1. The summed E-state index contributed by atoms with van der Waals surface area (Å²) in [6, 6.07) is 8.40. The number of piperazine rings is 1. The van der Waals surface area contributed by atoms with E-state index in [1.807, 2.05) is 13.1 Å². The van der Waals surface area contributed by atoms with E-state index in [0.717, 1.165) is 31.6 Å². The van der Waals surface area contributed by atoms with E-state index in [9.17, 15) is 4.79 Å². The molecule has 114 valence electrons.